The van der Waals surface area contributed by atoms with Gasteiger partial charge in [0, 0.05) is 41.8 Å². The van der Waals surface area contributed by atoms with Crippen LogP contribution in [-0.2, 0) is 13.1 Å². The largest absolute Gasteiger partial charge is 0.497 e. The fourth-order valence-electron chi connectivity index (χ4n) is 2.82. The monoisotopic (exact) mass is 307 g/mol. The summed E-state index contributed by atoms with van der Waals surface area (Å²) in [6.07, 6.45) is 0. The van der Waals surface area contributed by atoms with E-state index in [4.69, 9.17) is 10.5 Å². The minimum atomic E-state index is -0.222. The van der Waals surface area contributed by atoms with Crippen molar-refractivity contribution in [3.05, 3.63) is 45.2 Å². The molecule has 1 aliphatic heterocycles. The molecule has 2 heterocycles. The Bertz CT molecular complexity index is 658. The first kappa shape index (κ1) is 14.4. The Morgan fingerprint density at radius 2 is 2.33 bits per heavy atom. The van der Waals surface area contributed by atoms with Gasteiger partial charge in [-0.15, -0.1) is 11.3 Å². The SMILES string of the molecule is COc1cc(F)c2c(c1)C(CN)N(Cc1nc(C)cs1)C2. The van der Waals surface area contributed by atoms with Crippen LogP contribution in [0.4, 0.5) is 4.39 Å². The van der Waals surface area contributed by atoms with Gasteiger partial charge in [0.1, 0.15) is 16.6 Å². The normalized spacial score (nSPS) is 18.0. The van der Waals surface area contributed by atoms with Gasteiger partial charge in [-0.3, -0.25) is 4.90 Å². The molecule has 2 N–H and O–H groups in total. The number of thiazole rings is 1. The molecule has 1 aliphatic rings. The second kappa shape index (κ2) is 5.71. The van der Waals surface area contributed by atoms with Gasteiger partial charge in [-0.05, 0) is 18.6 Å². The van der Waals surface area contributed by atoms with Gasteiger partial charge < -0.3 is 10.5 Å². The lowest BCUT2D eigenvalue weighted by molar-refractivity contribution is 0.209. The number of benzene rings is 1. The first-order valence-corrected chi connectivity index (χ1v) is 7.71. The number of methoxy groups -OCH3 is 1. The van der Waals surface area contributed by atoms with Gasteiger partial charge in [0.25, 0.3) is 0 Å². The van der Waals surface area contributed by atoms with E-state index in [0.29, 0.717) is 25.4 Å². The molecule has 1 aromatic heterocycles. The van der Waals surface area contributed by atoms with Crippen LogP contribution in [0.2, 0.25) is 0 Å². The summed E-state index contributed by atoms with van der Waals surface area (Å²) in [5.41, 5.74) is 8.59. The van der Waals surface area contributed by atoms with Gasteiger partial charge in [-0.1, -0.05) is 0 Å². The van der Waals surface area contributed by atoms with Crippen molar-refractivity contribution in [2.45, 2.75) is 26.1 Å². The van der Waals surface area contributed by atoms with E-state index < -0.39 is 0 Å². The minimum Gasteiger partial charge on any atom is -0.497 e. The number of nitrogens with two attached hydrogens (primary N) is 1. The Kier molecular flexibility index (Phi) is 3.93. The molecule has 4 nitrogen and oxygen atoms in total. The molecule has 0 fully saturated rings. The molecular weight excluding hydrogens is 289 g/mol. The van der Waals surface area contributed by atoms with E-state index in [1.165, 1.54) is 6.07 Å². The van der Waals surface area contributed by atoms with Gasteiger partial charge in [0.05, 0.1) is 13.7 Å². The third-order valence-corrected chi connectivity index (χ3v) is 4.78. The summed E-state index contributed by atoms with van der Waals surface area (Å²) >= 11 is 1.63. The topological polar surface area (TPSA) is 51.4 Å². The van der Waals surface area contributed by atoms with Crippen molar-refractivity contribution >= 4 is 11.3 Å². The van der Waals surface area contributed by atoms with Crippen LogP contribution in [0.5, 0.6) is 5.75 Å². The van der Waals surface area contributed by atoms with Crippen LogP contribution in [0.15, 0.2) is 17.5 Å². The third-order valence-electron chi connectivity index (χ3n) is 3.83. The lowest BCUT2D eigenvalue weighted by atomic mass is 10.0. The molecule has 3 rings (SSSR count). The number of ether oxygens (including phenoxy) is 1. The number of aromatic nitrogens is 1. The zero-order valence-corrected chi connectivity index (χ0v) is 12.9. The highest BCUT2D eigenvalue weighted by Gasteiger charge is 2.32. The summed E-state index contributed by atoms with van der Waals surface area (Å²) < 4.78 is 19.4. The van der Waals surface area contributed by atoms with E-state index in [2.05, 4.69) is 9.88 Å². The number of aryl methyl sites for hydroxylation is 1. The first-order chi connectivity index (χ1) is 10.1. The molecule has 1 aromatic carbocycles. The van der Waals surface area contributed by atoms with Crippen LogP contribution < -0.4 is 10.5 Å². The molecule has 112 valence electrons. The Balaban J connectivity index is 1.90. The second-order valence-electron chi connectivity index (χ2n) is 5.22. The fourth-order valence-corrected chi connectivity index (χ4v) is 3.61. The van der Waals surface area contributed by atoms with Crippen molar-refractivity contribution in [3.63, 3.8) is 0 Å². The second-order valence-corrected chi connectivity index (χ2v) is 6.16. The highest BCUT2D eigenvalue weighted by molar-refractivity contribution is 7.09. The lowest BCUT2D eigenvalue weighted by Gasteiger charge is -2.22. The van der Waals surface area contributed by atoms with E-state index in [0.717, 1.165) is 21.8 Å². The quantitative estimate of drug-likeness (QED) is 0.943. The summed E-state index contributed by atoms with van der Waals surface area (Å²) in [6.45, 7) is 3.68. The summed E-state index contributed by atoms with van der Waals surface area (Å²) in [4.78, 5) is 6.65. The summed E-state index contributed by atoms with van der Waals surface area (Å²) in [5.74, 6) is 0.317. The molecule has 1 atom stereocenters. The van der Waals surface area contributed by atoms with Crippen LogP contribution in [0, 0.1) is 12.7 Å². The van der Waals surface area contributed by atoms with Crippen LogP contribution >= 0.6 is 11.3 Å². The number of rotatable bonds is 4. The van der Waals surface area contributed by atoms with Crippen molar-refractivity contribution in [1.29, 1.82) is 0 Å². The summed E-state index contributed by atoms with van der Waals surface area (Å²) in [6, 6.07) is 3.33. The van der Waals surface area contributed by atoms with Crippen molar-refractivity contribution in [2.75, 3.05) is 13.7 Å². The average Bonchev–Trinajstić information content (AvgIpc) is 3.02. The van der Waals surface area contributed by atoms with Crippen LogP contribution in [0.25, 0.3) is 0 Å². The molecule has 6 heteroatoms. The molecule has 0 amide bonds. The van der Waals surface area contributed by atoms with E-state index in [-0.39, 0.29) is 11.9 Å². The maximum Gasteiger partial charge on any atom is 0.131 e. The third kappa shape index (κ3) is 2.66. The fraction of sp³-hybridized carbons (Fsp3) is 0.400. The average molecular weight is 307 g/mol. The molecule has 0 saturated heterocycles. The highest BCUT2D eigenvalue weighted by atomic mass is 32.1. The Labute approximate surface area is 127 Å². The maximum absolute atomic E-state index is 14.2. The van der Waals surface area contributed by atoms with Gasteiger partial charge in [-0.2, -0.15) is 0 Å². The zero-order valence-electron chi connectivity index (χ0n) is 12.1. The molecule has 0 saturated carbocycles. The van der Waals surface area contributed by atoms with Gasteiger partial charge in [-0.25, -0.2) is 9.37 Å². The number of halogens is 1. The number of fused-ring (bicyclic) bond motifs is 1. The summed E-state index contributed by atoms with van der Waals surface area (Å²) in [5, 5.41) is 3.06. The number of hydrogen-bond acceptors (Lipinski definition) is 5. The number of nitrogens with zero attached hydrogens (tertiary/aromatic N) is 2. The molecule has 1 unspecified atom stereocenters. The zero-order chi connectivity index (χ0) is 15.0. The van der Waals surface area contributed by atoms with Crippen LogP contribution in [0.3, 0.4) is 0 Å². The van der Waals surface area contributed by atoms with Gasteiger partial charge in [0.15, 0.2) is 0 Å². The standard InChI is InChI=1S/C15H18FN3OS/c1-9-8-21-15(18-9)7-19-6-12-11(14(19)5-17)3-10(20-2)4-13(12)16/h3-4,8,14H,5-7,17H2,1-2H3. The number of hydrogen-bond donors (Lipinski definition) is 1. The Morgan fingerprint density at radius 1 is 1.52 bits per heavy atom. The first-order valence-electron chi connectivity index (χ1n) is 6.83. The van der Waals surface area contributed by atoms with E-state index in [9.17, 15) is 4.39 Å². The van der Waals surface area contributed by atoms with Crippen molar-refractivity contribution < 1.29 is 9.13 Å². The minimum absolute atomic E-state index is 0.00815. The van der Waals surface area contributed by atoms with E-state index >= 15 is 0 Å². The maximum atomic E-state index is 14.2. The Hall–Kier alpha value is -1.50. The van der Waals surface area contributed by atoms with Crippen molar-refractivity contribution in [2.24, 2.45) is 5.73 Å². The molecular formula is C15H18FN3OS. The van der Waals surface area contributed by atoms with Crippen LogP contribution in [-0.4, -0.2) is 23.5 Å². The van der Waals surface area contributed by atoms with E-state index in [1.54, 1.807) is 18.4 Å². The van der Waals surface area contributed by atoms with E-state index in [1.807, 2.05) is 18.4 Å². The molecule has 0 bridgehead atoms. The smallest absolute Gasteiger partial charge is 0.131 e. The molecule has 21 heavy (non-hydrogen) atoms. The Morgan fingerprint density at radius 3 is 2.95 bits per heavy atom. The predicted molar refractivity (Wildman–Crippen MR) is 80.8 cm³/mol. The van der Waals surface area contributed by atoms with Crippen molar-refractivity contribution in [1.82, 2.24) is 9.88 Å². The predicted octanol–water partition coefficient (Wildman–Crippen LogP) is 2.61. The molecule has 2 aromatic rings. The molecule has 0 spiro atoms. The van der Waals surface area contributed by atoms with Crippen LogP contribution in [0.1, 0.15) is 27.9 Å². The highest BCUT2D eigenvalue weighted by Crippen LogP contribution is 2.38. The molecule has 0 radical (unpaired) electrons. The lowest BCUT2D eigenvalue weighted by Crippen LogP contribution is -2.27. The summed E-state index contributed by atoms with van der Waals surface area (Å²) in [7, 11) is 1.55. The van der Waals surface area contributed by atoms with Crippen molar-refractivity contribution in [3.8, 4) is 5.75 Å². The van der Waals surface area contributed by atoms with Gasteiger partial charge >= 0.3 is 0 Å². The van der Waals surface area contributed by atoms with Gasteiger partial charge in [0.2, 0.25) is 0 Å². The molecule has 0 aliphatic carbocycles.